The Balaban J connectivity index is 2.34. The van der Waals surface area contributed by atoms with Gasteiger partial charge in [0, 0.05) is 24.2 Å². The first-order valence-electron chi connectivity index (χ1n) is 8.56. The lowest BCUT2D eigenvalue weighted by Crippen LogP contribution is -2.33. The fourth-order valence-corrected chi connectivity index (χ4v) is 2.44. The molecule has 0 spiro atoms. The highest BCUT2D eigenvalue weighted by molar-refractivity contribution is 7.80. The highest BCUT2D eigenvalue weighted by Crippen LogP contribution is 2.10. The Bertz CT molecular complexity index is 544. The number of benzene rings is 1. The molecule has 0 unspecified atom stereocenters. The average Bonchev–Trinajstić information content (AvgIpc) is 2.55. The molecule has 0 aliphatic heterocycles. The summed E-state index contributed by atoms with van der Waals surface area (Å²) in [4.78, 5) is 23.5. The number of unbranched alkanes of at least 4 members (excludes halogenated alkanes) is 4. The maximum Gasteiger partial charge on any atom is 0.251 e. The lowest BCUT2D eigenvalue weighted by Gasteiger charge is -2.10. The van der Waals surface area contributed by atoms with Gasteiger partial charge >= 0.3 is 0 Å². The van der Waals surface area contributed by atoms with Gasteiger partial charge in [-0.25, -0.2) is 0 Å². The highest BCUT2D eigenvalue weighted by atomic mass is 32.1. The lowest BCUT2D eigenvalue weighted by molar-refractivity contribution is -0.119. The Morgan fingerprint density at radius 2 is 1.67 bits per heavy atom. The Morgan fingerprint density at radius 1 is 1.00 bits per heavy atom. The van der Waals surface area contributed by atoms with Crippen molar-refractivity contribution in [2.75, 3.05) is 11.9 Å². The minimum absolute atomic E-state index is 0.0667. The summed E-state index contributed by atoms with van der Waals surface area (Å²) in [5, 5.41) is 8.64. The summed E-state index contributed by atoms with van der Waals surface area (Å²) in [5.74, 6) is -0.175. The first kappa shape index (κ1) is 20.1. The Kier molecular flexibility index (Phi) is 9.68. The van der Waals surface area contributed by atoms with Crippen molar-refractivity contribution in [3.05, 3.63) is 29.8 Å². The molecule has 0 heterocycles. The molecular weight excluding hydrogens is 322 g/mol. The first-order chi connectivity index (χ1) is 11.6. The summed E-state index contributed by atoms with van der Waals surface area (Å²) < 4.78 is 0. The zero-order valence-corrected chi connectivity index (χ0v) is 15.3. The van der Waals surface area contributed by atoms with Crippen LogP contribution in [0.2, 0.25) is 0 Å². The smallest absolute Gasteiger partial charge is 0.251 e. The molecule has 2 amide bonds. The van der Waals surface area contributed by atoms with Crippen molar-refractivity contribution in [2.45, 2.75) is 52.4 Å². The summed E-state index contributed by atoms with van der Waals surface area (Å²) in [7, 11) is 0. The van der Waals surface area contributed by atoms with Gasteiger partial charge in [-0.05, 0) is 49.8 Å². The molecule has 0 aliphatic carbocycles. The molecular formula is C18H27N3O2S. The highest BCUT2D eigenvalue weighted by Gasteiger charge is 2.06. The maximum atomic E-state index is 11.8. The van der Waals surface area contributed by atoms with E-state index in [2.05, 4.69) is 22.9 Å². The molecule has 0 saturated heterocycles. The molecule has 3 N–H and O–H groups in total. The van der Waals surface area contributed by atoms with Crippen LogP contribution in [-0.4, -0.2) is 23.5 Å². The van der Waals surface area contributed by atoms with Crippen LogP contribution in [0.3, 0.4) is 0 Å². The summed E-state index contributed by atoms with van der Waals surface area (Å²) in [6.45, 7) is 4.63. The number of rotatable bonds is 9. The van der Waals surface area contributed by atoms with Gasteiger partial charge in [0.15, 0.2) is 5.11 Å². The van der Waals surface area contributed by atoms with Crippen LogP contribution in [0.1, 0.15) is 62.7 Å². The van der Waals surface area contributed by atoms with E-state index in [0.29, 0.717) is 18.5 Å². The van der Waals surface area contributed by atoms with Gasteiger partial charge in [0.05, 0.1) is 0 Å². The van der Waals surface area contributed by atoms with Crippen LogP contribution in [0.4, 0.5) is 5.69 Å². The van der Waals surface area contributed by atoms with Gasteiger partial charge in [-0.3, -0.25) is 9.59 Å². The molecule has 0 aromatic heterocycles. The van der Waals surface area contributed by atoms with Crippen molar-refractivity contribution in [2.24, 2.45) is 0 Å². The Morgan fingerprint density at radius 3 is 2.29 bits per heavy atom. The number of carbonyl (C=O) groups is 2. The first-order valence-corrected chi connectivity index (χ1v) is 8.96. The summed E-state index contributed by atoms with van der Waals surface area (Å²) in [6, 6.07) is 6.94. The number of hydrogen-bond donors (Lipinski definition) is 3. The fraction of sp³-hybridized carbons (Fsp3) is 0.500. The van der Waals surface area contributed by atoms with Gasteiger partial charge in [0.2, 0.25) is 5.91 Å². The Labute approximate surface area is 149 Å². The zero-order valence-electron chi connectivity index (χ0n) is 14.5. The van der Waals surface area contributed by atoms with E-state index in [9.17, 15) is 9.59 Å². The molecule has 0 atom stereocenters. The average molecular weight is 350 g/mol. The lowest BCUT2D eigenvalue weighted by atomic mass is 10.1. The van der Waals surface area contributed by atoms with Crippen molar-refractivity contribution in [3.8, 4) is 0 Å². The van der Waals surface area contributed by atoms with E-state index < -0.39 is 0 Å². The largest absolute Gasteiger partial charge is 0.352 e. The summed E-state index contributed by atoms with van der Waals surface area (Å²) >= 11 is 5.14. The number of carbonyl (C=O) groups excluding carboxylic acids is 2. The molecule has 0 radical (unpaired) electrons. The van der Waals surface area contributed by atoms with Gasteiger partial charge in [0.25, 0.3) is 5.91 Å². The summed E-state index contributed by atoms with van der Waals surface area (Å²) in [5.41, 5.74) is 1.32. The molecule has 1 aromatic carbocycles. The monoisotopic (exact) mass is 349 g/mol. The van der Waals surface area contributed by atoms with E-state index in [1.54, 1.807) is 24.3 Å². The molecule has 1 aromatic rings. The summed E-state index contributed by atoms with van der Waals surface area (Å²) in [6.07, 6.45) is 6.03. The molecule has 1 rings (SSSR count). The molecule has 0 bridgehead atoms. The molecule has 5 nitrogen and oxygen atoms in total. The van der Waals surface area contributed by atoms with E-state index in [1.165, 1.54) is 19.3 Å². The van der Waals surface area contributed by atoms with Crippen molar-refractivity contribution in [3.63, 3.8) is 0 Å². The molecule has 0 fully saturated rings. The third-order valence-corrected chi connectivity index (χ3v) is 3.71. The van der Waals surface area contributed by atoms with E-state index in [1.807, 2.05) is 6.92 Å². The topological polar surface area (TPSA) is 70.2 Å². The van der Waals surface area contributed by atoms with Gasteiger partial charge in [-0.15, -0.1) is 0 Å². The van der Waals surface area contributed by atoms with E-state index in [-0.39, 0.29) is 16.9 Å². The molecule has 6 heteroatoms. The predicted octanol–water partition coefficient (Wildman–Crippen LogP) is 3.61. The predicted molar refractivity (Wildman–Crippen MR) is 102 cm³/mol. The quantitative estimate of drug-likeness (QED) is 0.470. The number of amides is 2. The van der Waals surface area contributed by atoms with Crippen LogP contribution in [-0.2, 0) is 4.79 Å². The number of hydrogen-bond acceptors (Lipinski definition) is 3. The fourth-order valence-electron chi connectivity index (χ4n) is 2.21. The van der Waals surface area contributed by atoms with Crippen LogP contribution in [0.5, 0.6) is 0 Å². The standard InChI is InChI=1S/C18H27N3O2S/c1-3-5-6-7-8-9-16(22)21-18(24)20-15-12-10-14(11-13-15)17(23)19-4-2/h10-13H,3-9H2,1-2H3,(H,19,23)(H2,20,21,22,24). The van der Waals surface area contributed by atoms with Gasteiger partial charge in [-0.1, -0.05) is 32.6 Å². The van der Waals surface area contributed by atoms with Crippen LogP contribution in [0.15, 0.2) is 24.3 Å². The van der Waals surface area contributed by atoms with Crippen LogP contribution < -0.4 is 16.0 Å². The molecule has 24 heavy (non-hydrogen) atoms. The van der Waals surface area contributed by atoms with Gasteiger partial charge < -0.3 is 16.0 Å². The number of nitrogens with one attached hydrogen (secondary N) is 3. The van der Waals surface area contributed by atoms with Crippen molar-refractivity contribution >= 4 is 34.8 Å². The van der Waals surface area contributed by atoms with Crippen molar-refractivity contribution in [1.82, 2.24) is 10.6 Å². The SMILES string of the molecule is CCCCCCCC(=O)NC(=S)Nc1ccc(C(=O)NCC)cc1. The van der Waals surface area contributed by atoms with Crippen molar-refractivity contribution in [1.29, 1.82) is 0 Å². The van der Waals surface area contributed by atoms with Gasteiger partial charge in [-0.2, -0.15) is 0 Å². The molecule has 132 valence electrons. The minimum atomic E-state index is -0.108. The third kappa shape index (κ3) is 8.06. The second-order valence-electron chi connectivity index (χ2n) is 5.60. The second-order valence-corrected chi connectivity index (χ2v) is 6.01. The number of thiocarbonyl (C=S) groups is 1. The van der Waals surface area contributed by atoms with E-state index in [0.717, 1.165) is 18.5 Å². The molecule has 0 aliphatic rings. The zero-order chi connectivity index (χ0) is 17.8. The van der Waals surface area contributed by atoms with Crippen LogP contribution >= 0.6 is 12.2 Å². The van der Waals surface area contributed by atoms with Crippen molar-refractivity contribution < 1.29 is 9.59 Å². The van der Waals surface area contributed by atoms with E-state index in [4.69, 9.17) is 12.2 Å². The van der Waals surface area contributed by atoms with Gasteiger partial charge in [0.1, 0.15) is 0 Å². The maximum absolute atomic E-state index is 11.8. The minimum Gasteiger partial charge on any atom is -0.352 e. The second kappa shape index (κ2) is 11.6. The van der Waals surface area contributed by atoms with E-state index >= 15 is 0 Å². The normalized spacial score (nSPS) is 10.1. The molecule has 0 saturated carbocycles. The Hall–Kier alpha value is -1.95. The van der Waals surface area contributed by atoms with Crippen LogP contribution in [0.25, 0.3) is 0 Å². The van der Waals surface area contributed by atoms with Crippen LogP contribution in [0, 0.1) is 0 Å². The third-order valence-electron chi connectivity index (χ3n) is 3.50. The number of anilines is 1.